The molecule has 0 spiro atoms. The van der Waals surface area contributed by atoms with E-state index in [9.17, 15) is 4.79 Å². The number of carbonyl (C=O) groups is 1. The Morgan fingerprint density at radius 1 is 0.931 bits per heavy atom. The summed E-state index contributed by atoms with van der Waals surface area (Å²) >= 11 is 0. The van der Waals surface area contributed by atoms with Crippen LogP contribution in [0.15, 0.2) is 66.7 Å². The molecule has 29 heavy (non-hydrogen) atoms. The number of rotatable bonds is 8. The Morgan fingerprint density at radius 3 is 2.31 bits per heavy atom. The molecule has 0 aliphatic carbocycles. The molecule has 0 bridgehead atoms. The van der Waals surface area contributed by atoms with Gasteiger partial charge in [0.2, 0.25) is 0 Å². The van der Waals surface area contributed by atoms with Gasteiger partial charge < -0.3 is 14.8 Å². The minimum atomic E-state index is -0.603. The first-order valence-corrected chi connectivity index (χ1v) is 10.1. The first-order chi connectivity index (χ1) is 14.0. The zero-order valence-corrected chi connectivity index (χ0v) is 17.5. The predicted molar refractivity (Wildman–Crippen MR) is 117 cm³/mol. The minimum absolute atomic E-state index is 0.0769. The maximum Gasteiger partial charge on any atom is 0.261 e. The normalized spacial score (nSPS) is 13.1. The van der Waals surface area contributed by atoms with E-state index >= 15 is 0 Å². The van der Waals surface area contributed by atoms with Gasteiger partial charge in [-0.05, 0) is 48.4 Å². The van der Waals surface area contributed by atoms with Crippen molar-refractivity contribution in [2.75, 3.05) is 7.11 Å². The zero-order chi connectivity index (χ0) is 20.8. The highest BCUT2D eigenvalue weighted by Gasteiger charge is 2.22. The Morgan fingerprint density at radius 2 is 1.62 bits per heavy atom. The smallest absolute Gasteiger partial charge is 0.261 e. The predicted octanol–water partition coefficient (Wildman–Crippen LogP) is 5.52. The summed E-state index contributed by atoms with van der Waals surface area (Å²) < 4.78 is 11.3. The van der Waals surface area contributed by atoms with Crippen LogP contribution in [0.1, 0.15) is 38.8 Å². The lowest BCUT2D eigenvalue weighted by atomic mass is 9.96. The van der Waals surface area contributed by atoms with Gasteiger partial charge in [0, 0.05) is 5.39 Å². The van der Waals surface area contributed by atoms with Crippen LogP contribution in [0.25, 0.3) is 10.8 Å². The van der Waals surface area contributed by atoms with Crippen molar-refractivity contribution in [3.05, 3.63) is 72.3 Å². The number of amides is 1. The maximum absolute atomic E-state index is 12.9. The molecule has 4 nitrogen and oxygen atoms in total. The maximum atomic E-state index is 12.9. The van der Waals surface area contributed by atoms with Crippen molar-refractivity contribution in [3.8, 4) is 11.5 Å². The summed E-state index contributed by atoms with van der Waals surface area (Å²) in [6.07, 6.45) is 0.243. The fourth-order valence-electron chi connectivity index (χ4n) is 3.42. The van der Waals surface area contributed by atoms with Crippen molar-refractivity contribution >= 4 is 16.7 Å². The van der Waals surface area contributed by atoms with Crippen LogP contribution in [0.5, 0.6) is 11.5 Å². The largest absolute Gasteiger partial charge is 0.497 e. The van der Waals surface area contributed by atoms with E-state index in [2.05, 4.69) is 19.2 Å². The number of benzene rings is 3. The van der Waals surface area contributed by atoms with Gasteiger partial charge in [-0.3, -0.25) is 4.79 Å². The van der Waals surface area contributed by atoms with Crippen molar-refractivity contribution in [1.29, 1.82) is 0 Å². The average molecular weight is 392 g/mol. The number of hydrogen-bond donors (Lipinski definition) is 1. The number of ether oxygens (including phenoxy) is 2. The molecule has 0 aromatic heterocycles. The van der Waals surface area contributed by atoms with Crippen molar-refractivity contribution in [3.63, 3.8) is 0 Å². The van der Waals surface area contributed by atoms with E-state index in [0.717, 1.165) is 34.3 Å². The lowest BCUT2D eigenvalue weighted by Gasteiger charge is -2.24. The quantitative estimate of drug-likeness (QED) is 0.550. The number of fused-ring (bicyclic) bond motifs is 1. The highest BCUT2D eigenvalue weighted by molar-refractivity contribution is 5.89. The number of nitrogens with one attached hydrogen (secondary N) is 1. The third-order valence-corrected chi connectivity index (χ3v) is 4.96. The van der Waals surface area contributed by atoms with E-state index in [4.69, 9.17) is 9.47 Å². The Labute approximate surface area is 172 Å². The van der Waals surface area contributed by atoms with E-state index < -0.39 is 6.10 Å². The van der Waals surface area contributed by atoms with E-state index in [1.54, 1.807) is 14.0 Å². The first-order valence-electron chi connectivity index (χ1n) is 10.1. The number of methoxy groups -OCH3 is 1. The molecule has 4 heteroatoms. The molecule has 152 valence electrons. The third kappa shape index (κ3) is 5.29. The van der Waals surface area contributed by atoms with Crippen molar-refractivity contribution in [2.45, 2.75) is 39.3 Å². The Kier molecular flexibility index (Phi) is 6.76. The van der Waals surface area contributed by atoms with Gasteiger partial charge in [0.15, 0.2) is 6.10 Å². The summed E-state index contributed by atoms with van der Waals surface area (Å²) in [4.78, 5) is 12.9. The second-order valence-corrected chi connectivity index (χ2v) is 7.70. The van der Waals surface area contributed by atoms with Crippen molar-refractivity contribution in [1.82, 2.24) is 5.32 Å². The minimum Gasteiger partial charge on any atom is -0.497 e. The van der Waals surface area contributed by atoms with Crippen LogP contribution in [-0.4, -0.2) is 19.1 Å². The van der Waals surface area contributed by atoms with Gasteiger partial charge in [-0.15, -0.1) is 0 Å². The van der Waals surface area contributed by atoms with Crippen molar-refractivity contribution in [2.24, 2.45) is 5.92 Å². The summed E-state index contributed by atoms with van der Waals surface area (Å²) in [5, 5.41) is 5.26. The molecule has 3 rings (SSSR count). The number of hydrogen-bond acceptors (Lipinski definition) is 3. The van der Waals surface area contributed by atoms with E-state index in [0.29, 0.717) is 5.92 Å². The van der Waals surface area contributed by atoms with Crippen LogP contribution in [0.4, 0.5) is 0 Å². The molecule has 0 aliphatic heterocycles. The van der Waals surface area contributed by atoms with Crippen LogP contribution in [0.2, 0.25) is 0 Å². The van der Waals surface area contributed by atoms with Crippen LogP contribution >= 0.6 is 0 Å². The second kappa shape index (κ2) is 9.46. The van der Waals surface area contributed by atoms with Crippen LogP contribution in [0.3, 0.4) is 0 Å². The first kappa shape index (κ1) is 20.7. The summed E-state index contributed by atoms with van der Waals surface area (Å²) in [6.45, 7) is 6.09. The topological polar surface area (TPSA) is 47.6 Å². The van der Waals surface area contributed by atoms with E-state index in [1.807, 2.05) is 66.7 Å². The monoisotopic (exact) mass is 391 g/mol. The Balaban J connectivity index is 1.74. The highest BCUT2D eigenvalue weighted by atomic mass is 16.5. The lowest BCUT2D eigenvalue weighted by Crippen LogP contribution is -2.39. The molecule has 1 N–H and O–H groups in total. The average Bonchev–Trinajstić information content (AvgIpc) is 2.73. The van der Waals surface area contributed by atoms with Crippen LogP contribution in [-0.2, 0) is 4.79 Å². The van der Waals surface area contributed by atoms with Gasteiger partial charge >= 0.3 is 0 Å². The van der Waals surface area contributed by atoms with Gasteiger partial charge in [0.25, 0.3) is 5.91 Å². The van der Waals surface area contributed by atoms with Gasteiger partial charge in [-0.1, -0.05) is 62.4 Å². The second-order valence-electron chi connectivity index (χ2n) is 7.70. The SMILES string of the molecule is COc1ccc([C@H](CC(C)C)NC(=O)[C@@H](C)Oc2cccc3ccccc23)cc1. The molecule has 3 aromatic carbocycles. The molecule has 0 heterocycles. The zero-order valence-electron chi connectivity index (χ0n) is 17.5. The molecule has 0 saturated heterocycles. The lowest BCUT2D eigenvalue weighted by molar-refractivity contribution is -0.128. The summed E-state index contributed by atoms with van der Waals surface area (Å²) in [6, 6.07) is 21.7. The molecule has 0 radical (unpaired) electrons. The van der Waals surface area contributed by atoms with Crippen molar-refractivity contribution < 1.29 is 14.3 Å². The third-order valence-electron chi connectivity index (χ3n) is 4.96. The molecule has 3 aromatic rings. The molecular weight excluding hydrogens is 362 g/mol. The molecular formula is C25H29NO3. The fourth-order valence-corrected chi connectivity index (χ4v) is 3.42. The number of carbonyl (C=O) groups excluding carboxylic acids is 1. The van der Waals surface area contributed by atoms with Gasteiger partial charge in [-0.2, -0.15) is 0 Å². The summed E-state index contributed by atoms with van der Waals surface area (Å²) in [5.41, 5.74) is 1.06. The molecule has 0 aliphatic rings. The summed E-state index contributed by atoms with van der Waals surface area (Å²) in [5.74, 6) is 1.84. The highest BCUT2D eigenvalue weighted by Crippen LogP contribution is 2.27. The van der Waals surface area contributed by atoms with Gasteiger partial charge in [-0.25, -0.2) is 0 Å². The van der Waals surface area contributed by atoms with E-state index in [-0.39, 0.29) is 11.9 Å². The van der Waals surface area contributed by atoms with Crippen LogP contribution < -0.4 is 14.8 Å². The van der Waals surface area contributed by atoms with Gasteiger partial charge in [0.1, 0.15) is 11.5 Å². The molecule has 0 fully saturated rings. The molecule has 2 atom stereocenters. The summed E-state index contributed by atoms with van der Waals surface area (Å²) in [7, 11) is 1.65. The molecule has 1 amide bonds. The standard InChI is InChI=1S/C25H29NO3/c1-17(2)16-23(20-12-14-21(28-4)15-13-20)26-25(27)18(3)29-24-11-7-9-19-8-5-6-10-22(19)24/h5-15,17-18,23H,16H2,1-4H3,(H,26,27)/t18-,23+/m1/s1. The van der Waals surface area contributed by atoms with Gasteiger partial charge in [0.05, 0.1) is 13.2 Å². The fraction of sp³-hybridized carbons (Fsp3) is 0.320. The van der Waals surface area contributed by atoms with E-state index in [1.165, 1.54) is 0 Å². The molecule has 0 saturated carbocycles. The Hall–Kier alpha value is -3.01. The Bertz CT molecular complexity index is 944. The molecule has 0 unspecified atom stereocenters. The van der Waals surface area contributed by atoms with Crippen LogP contribution in [0, 0.1) is 5.92 Å².